The van der Waals surface area contributed by atoms with E-state index < -0.39 is 6.04 Å². The third-order valence-electron chi connectivity index (χ3n) is 3.51. The van der Waals surface area contributed by atoms with Gasteiger partial charge in [-0.3, -0.25) is 9.80 Å². The molecule has 3 amide bonds. The highest BCUT2D eigenvalue weighted by atomic mass is 32.2. The highest BCUT2D eigenvalue weighted by Crippen LogP contribution is 2.20. The molecule has 0 saturated carbocycles. The molecule has 2 fully saturated rings. The Kier molecular flexibility index (Phi) is 6.30. The maximum atomic E-state index is 12.5. The van der Waals surface area contributed by atoms with E-state index in [4.69, 9.17) is 10.00 Å². The average molecular weight is 327 g/mol. The zero-order valence-electron chi connectivity index (χ0n) is 12.7. The van der Waals surface area contributed by atoms with Gasteiger partial charge in [-0.2, -0.15) is 5.26 Å². The molecule has 0 aromatic carbocycles. The van der Waals surface area contributed by atoms with Crippen molar-refractivity contribution >= 4 is 23.7 Å². The summed E-state index contributed by atoms with van der Waals surface area (Å²) in [5.41, 5.74) is 2.93. The molecular formula is C13H21N5O3S. The van der Waals surface area contributed by atoms with Gasteiger partial charge in [0.05, 0.1) is 25.2 Å². The Morgan fingerprint density at radius 2 is 2.18 bits per heavy atom. The number of nitriles is 1. The van der Waals surface area contributed by atoms with E-state index in [1.807, 2.05) is 6.92 Å². The normalized spacial score (nSPS) is 21.5. The SMILES string of the molecule is CCNN(CC(=O)N1CSCC1C#N)C(=O)N1CCOCC1. The summed E-state index contributed by atoms with van der Waals surface area (Å²) in [6.45, 7) is 4.42. The fraction of sp³-hybridized carbons (Fsp3) is 0.769. The molecule has 0 spiro atoms. The fourth-order valence-electron chi connectivity index (χ4n) is 2.33. The average Bonchev–Trinajstić information content (AvgIpc) is 3.03. The second-order valence-electron chi connectivity index (χ2n) is 4.99. The van der Waals surface area contributed by atoms with Gasteiger partial charge in [-0.15, -0.1) is 11.8 Å². The van der Waals surface area contributed by atoms with Gasteiger partial charge < -0.3 is 14.5 Å². The molecule has 122 valence electrons. The third-order valence-corrected chi connectivity index (χ3v) is 4.52. The van der Waals surface area contributed by atoms with Crippen LogP contribution in [0.2, 0.25) is 0 Å². The van der Waals surface area contributed by atoms with E-state index in [1.165, 1.54) is 9.91 Å². The molecule has 1 unspecified atom stereocenters. The van der Waals surface area contributed by atoms with Crippen LogP contribution < -0.4 is 5.43 Å². The molecule has 0 aromatic rings. The van der Waals surface area contributed by atoms with E-state index in [-0.39, 0.29) is 18.5 Å². The first-order valence-corrected chi connectivity index (χ1v) is 8.47. The standard InChI is InChI=1S/C13H21N5O3S/c1-2-15-18(13(20)16-3-5-21-6-4-16)8-12(19)17-10-22-9-11(17)7-14/h11,15H,2-6,8-10H2,1H3. The minimum Gasteiger partial charge on any atom is -0.378 e. The highest BCUT2D eigenvalue weighted by molar-refractivity contribution is 7.99. The molecule has 1 N–H and O–H groups in total. The van der Waals surface area contributed by atoms with Crippen LogP contribution >= 0.6 is 11.8 Å². The molecule has 9 heteroatoms. The Balaban J connectivity index is 1.97. The number of rotatable bonds is 4. The van der Waals surface area contributed by atoms with Gasteiger partial charge in [-0.25, -0.2) is 10.2 Å². The topological polar surface area (TPSA) is 88.9 Å². The number of ether oxygens (including phenoxy) is 1. The maximum absolute atomic E-state index is 12.5. The summed E-state index contributed by atoms with van der Waals surface area (Å²) in [5.74, 6) is 0.919. The first-order valence-electron chi connectivity index (χ1n) is 7.32. The molecule has 2 aliphatic rings. The Labute approximate surface area is 134 Å². The number of thioether (sulfide) groups is 1. The van der Waals surface area contributed by atoms with Crippen molar-refractivity contribution in [2.75, 3.05) is 51.0 Å². The van der Waals surface area contributed by atoms with Crippen LogP contribution in [0.3, 0.4) is 0 Å². The van der Waals surface area contributed by atoms with E-state index in [0.717, 1.165) is 0 Å². The Morgan fingerprint density at radius 1 is 1.45 bits per heavy atom. The van der Waals surface area contributed by atoms with Crippen LogP contribution in [-0.4, -0.2) is 83.8 Å². The summed E-state index contributed by atoms with van der Waals surface area (Å²) in [7, 11) is 0. The summed E-state index contributed by atoms with van der Waals surface area (Å²) in [5, 5.41) is 10.4. The van der Waals surface area contributed by atoms with Crippen molar-refractivity contribution in [3.63, 3.8) is 0 Å². The van der Waals surface area contributed by atoms with Crippen LogP contribution in [0.15, 0.2) is 0 Å². The fourth-order valence-corrected chi connectivity index (χ4v) is 3.43. The van der Waals surface area contributed by atoms with Gasteiger partial charge in [0.2, 0.25) is 5.91 Å². The Bertz CT molecular complexity index is 449. The van der Waals surface area contributed by atoms with Gasteiger partial charge in [0, 0.05) is 25.4 Å². The van der Waals surface area contributed by atoms with Gasteiger partial charge in [0.1, 0.15) is 12.6 Å². The van der Waals surface area contributed by atoms with Crippen LogP contribution in [0, 0.1) is 11.3 Å². The molecule has 1 atom stereocenters. The van der Waals surface area contributed by atoms with Crippen molar-refractivity contribution in [2.24, 2.45) is 0 Å². The number of nitrogens with zero attached hydrogens (tertiary/aromatic N) is 4. The van der Waals surface area contributed by atoms with Gasteiger partial charge in [-0.1, -0.05) is 6.92 Å². The summed E-state index contributed by atoms with van der Waals surface area (Å²) in [4.78, 5) is 28.0. The Morgan fingerprint density at radius 3 is 2.82 bits per heavy atom. The number of hydrogen-bond donors (Lipinski definition) is 1. The van der Waals surface area contributed by atoms with Crippen molar-refractivity contribution in [1.29, 1.82) is 5.26 Å². The summed E-state index contributed by atoms with van der Waals surface area (Å²) in [6.07, 6.45) is 0. The number of hydrogen-bond acceptors (Lipinski definition) is 6. The monoisotopic (exact) mass is 327 g/mol. The minimum absolute atomic E-state index is 0.0667. The molecule has 0 bridgehead atoms. The molecule has 2 aliphatic heterocycles. The van der Waals surface area contributed by atoms with Gasteiger partial charge in [0.15, 0.2) is 0 Å². The van der Waals surface area contributed by atoms with Crippen LogP contribution in [0.5, 0.6) is 0 Å². The predicted octanol–water partition coefficient (Wildman–Crippen LogP) is -0.310. The second-order valence-corrected chi connectivity index (χ2v) is 5.99. The molecule has 2 saturated heterocycles. The van der Waals surface area contributed by atoms with Crippen molar-refractivity contribution in [1.82, 2.24) is 20.2 Å². The van der Waals surface area contributed by atoms with Crippen molar-refractivity contribution in [3.05, 3.63) is 0 Å². The van der Waals surface area contributed by atoms with E-state index in [1.54, 1.807) is 16.7 Å². The summed E-state index contributed by atoms with van der Waals surface area (Å²) in [6, 6.07) is 1.50. The van der Waals surface area contributed by atoms with Crippen LogP contribution in [0.1, 0.15) is 6.92 Å². The molecule has 8 nitrogen and oxygen atoms in total. The van der Waals surface area contributed by atoms with Crippen molar-refractivity contribution in [3.8, 4) is 6.07 Å². The number of carbonyl (C=O) groups is 2. The number of urea groups is 1. The van der Waals surface area contributed by atoms with Crippen LogP contribution in [-0.2, 0) is 9.53 Å². The van der Waals surface area contributed by atoms with Crippen molar-refractivity contribution < 1.29 is 14.3 Å². The lowest BCUT2D eigenvalue weighted by Gasteiger charge is -2.33. The van der Waals surface area contributed by atoms with E-state index in [2.05, 4.69) is 11.5 Å². The molecule has 2 rings (SSSR count). The lowest BCUT2D eigenvalue weighted by molar-refractivity contribution is -0.132. The van der Waals surface area contributed by atoms with Crippen LogP contribution in [0.25, 0.3) is 0 Å². The lowest BCUT2D eigenvalue weighted by Crippen LogP contribution is -2.56. The van der Waals surface area contributed by atoms with Gasteiger partial charge in [0.25, 0.3) is 0 Å². The zero-order chi connectivity index (χ0) is 15.9. The lowest BCUT2D eigenvalue weighted by atomic mass is 10.3. The highest BCUT2D eigenvalue weighted by Gasteiger charge is 2.32. The predicted molar refractivity (Wildman–Crippen MR) is 81.7 cm³/mol. The van der Waals surface area contributed by atoms with E-state index in [9.17, 15) is 9.59 Å². The summed E-state index contributed by atoms with van der Waals surface area (Å²) < 4.78 is 5.23. The molecule has 0 aliphatic carbocycles. The Hall–Kier alpha value is -1.50. The molecule has 22 heavy (non-hydrogen) atoms. The number of nitrogens with one attached hydrogen (secondary N) is 1. The summed E-state index contributed by atoms with van der Waals surface area (Å²) >= 11 is 1.55. The van der Waals surface area contributed by atoms with Crippen molar-refractivity contribution in [2.45, 2.75) is 13.0 Å². The zero-order valence-corrected chi connectivity index (χ0v) is 13.5. The molecule has 2 heterocycles. The number of amides is 3. The third kappa shape index (κ3) is 4.03. The van der Waals surface area contributed by atoms with Crippen LogP contribution in [0.4, 0.5) is 4.79 Å². The number of carbonyl (C=O) groups excluding carboxylic acids is 2. The smallest absolute Gasteiger partial charge is 0.334 e. The molecule has 0 radical (unpaired) electrons. The quantitative estimate of drug-likeness (QED) is 0.713. The van der Waals surface area contributed by atoms with E-state index >= 15 is 0 Å². The van der Waals surface area contributed by atoms with Gasteiger partial charge in [-0.05, 0) is 0 Å². The largest absolute Gasteiger partial charge is 0.378 e. The van der Waals surface area contributed by atoms with E-state index in [0.29, 0.717) is 44.5 Å². The minimum atomic E-state index is -0.403. The maximum Gasteiger partial charge on any atom is 0.334 e. The number of hydrazine groups is 1. The molecular weight excluding hydrogens is 306 g/mol. The first-order chi connectivity index (χ1) is 10.7. The second kappa shape index (κ2) is 8.22. The van der Waals surface area contributed by atoms with Gasteiger partial charge >= 0.3 is 6.03 Å². The number of morpholine rings is 1. The molecule has 0 aromatic heterocycles. The first kappa shape index (κ1) is 16.9.